The van der Waals surface area contributed by atoms with Gasteiger partial charge in [0, 0.05) is 0 Å². The molecule has 2 heterocycles. The van der Waals surface area contributed by atoms with Gasteiger partial charge in [0.2, 0.25) is 5.91 Å². The van der Waals surface area contributed by atoms with Crippen LogP contribution in [-0.2, 0) is 9.59 Å². The number of carbonyl (C=O) groups is 2. The summed E-state index contributed by atoms with van der Waals surface area (Å²) >= 11 is 0. The van der Waals surface area contributed by atoms with Crippen molar-refractivity contribution in [1.29, 1.82) is 0 Å². The first-order valence-electron chi connectivity index (χ1n) is 5.72. The van der Waals surface area contributed by atoms with Crippen LogP contribution in [0, 0.1) is 0 Å². The first kappa shape index (κ1) is 10.6. The molecular weight excluding hydrogens is 194 g/mol. The number of quaternary nitrogens is 2. The van der Waals surface area contributed by atoms with Gasteiger partial charge in [-0.1, -0.05) is 0 Å². The number of rotatable bonds is 2. The molecule has 84 valence electrons. The molecule has 15 heavy (non-hydrogen) atoms. The summed E-state index contributed by atoms with van der Waals surface area (Å²) in [4.78, 5) is 25.4. The van der Waals surface area contributed by atoms with Gasteiger partial charge in [-0.05, 0) is 6.92 Å². The van der Waals surface area contributed by atoms with Gasteiger partial charge in [0.15, 0.2) is 6.04 Å². The molecule has 2 aliphatic heterocycles. The summed E-state index contributed by atoms with van der Waals surface area (Å²) in [6.45, 7) is 7.59. The van der Waals surface area contributed by atoms with Crippen LogP contribution in [0.2, 0.25) is 0 Å². The number of carbonyl (C=O) groups excluding carboxylic acids is 2. The molecule has 2 aliphatic rings. The molecule has 0 unspecified atom stereocenters. The number of piperazine rings is 1. The summed E-state index contributed by atoms with van der Waals surface area (Å²) in [6.07, 6.45) is 0.385. The van der Waals surface area contributed by atoms with Gasteiger partial charge in [-0.3, -0.25) is 14.9 Å². The quantitative estimate of drug-likeness (QED) is 0.412. The van der Waals surface area contributed by atoms with Crippen molar-refractivity contribution < 1.29 is 19.4 Å². The van der Waals surface area contributed by atoms with E-state index in [1.807, 2.05) is 0 Å². The SMILES string of the molecule is CC[NH+]1CC[NH+]([C@@H]2CC(=O)NC2=O)CC1. The van der Waals surface area contributed by atoms with Crippen LogP contribution in [-0.4, -0.2) is 50.6 Å². The maximum absolute atomic E-state index is 11.5. The Balaban J connectivity index is 1.90. The highest BCUT2D eigenvalue weighted by molar-refractivity contribution is 6.04. The Morgan fingerprint density at radius 1 is 1.27 bits per heavy atom. The van der Waals surface area contributed by atoms with E-state index >= 15 is 0 Å². The molecule has 0 aliphatic carbocycles. The molecule has 5 nitrogen and oxygen atoms in total. The summed E-state index contributed by atoms with van der Waals surface area (Å²) < 4.78 is 0. The van der Waals surface area contributed by atoms with Crippen LogP contribution in [0.15, 0.2) is 0 Å². The lowest BCUT2D eigenvalue weighted by atomic mass is 10.2. The normalized spacial score (nSPS) is 36.7. The number of hydrogen-bond acceptors (Lipinski definition) is 2. The van der Waals surface area contributed by atoms with Crippen LogP contribution in [0.4, 0.5) is 0 Å². The van der Waals surface area contributed by atoms with Crippen molar-refractivity contribution in [2.24, 2.45) is 0 Å². The van der Waals surface area contributed by atoms with E-state index in [-0.39, 0.29) is 17.9 Å². The summed E-state index contributed by atoms with van der Waals surface area (Å²) in [7, 11) is 0. The summed E-state index contributed by atoms with van der Waals surface area (Å²) in [5.74, 6) is -0.183. The van der Waals surface area contributed by atoms with E-state index in [0.29, 0.717) is 6.42 Å². The van der Waals surface area contributed by atoms with Crippen LogP contribution in [0.3, 0.4) is 0 Å². The molecule has 2 fully saturated rings. The van der Waals surface area contributed by atoms with Crippen LogP contribution in [0.1, 0.15) is 13.3 Å². The molecule has 5 heteroatoms. The average Bonchev–Trinajstić information content (AvgIpc) is 2.58. The number of amides is 2. The molecule has 0 bridgehead atoms. The third-order valence-corrected chi connectivity index (χ3v) is 3.56. The second-order valence-corrected chi connectivity index (χ2v) is 4.43. The highest BCUT2D eigenvalue weighted by atomic mass is 16.2. The molecule has 2 rings (SSSR count). The zero-order valence-electron chi connectivity index (χ0n) is 9.14. The van der Waals surface area contributed by atoms with E-state index in [9.17, 15) is 9.59 Å². The number of hydrogen-bond donors (Lipinski definition) is 3. The van der Waals surface area contributed by atoms with Crippen LogP contribution >= 0.6 is 0 Å². The summed E-state index contributed by atoms with van der Waals surface area (Å²) in [5, 5.41) is 2.38. The predicted molar refractivity (Wildman–Crippen MR) is 53.5 cm³/mol. The van der Waals surface area contributed by atoms with Crippen molar-refractivity contribution in [3.8, 4) is 0 Å². The fourth-order valence-electron chi connectivity index (χ4n) is 2.51. The molecule has 3 N–H and O–H groups in total. The van der Waals surface area contributed by atoms with Gasteiger partial charge in [0.1, 0.15) is 26.2 Å². The van der Waals surface area contributed by atoms with Gasteiger partial charge >= 0.3 is 0 Å². The van der Waals surface area contributed by atoms with E-state index < -0.39 is 0 Å². The number of imide groups is 1. The summed E-state index contributed by atoms with van der Waals surface area (Å²) in [6, 6.07) is -0.115. The van der Waals surface area contributed by atoms with Gasteiger partial charge < -0.3 is 9.80 Å². The molecule has 2 amide bonds. The zero-order valence-corrected chi connectivity index (χ0v) is 9.14. The molecule has 0 aromatic carbocycles. The largest absolute Gasteiger partial charge is 0.326 e. The number of nitrogens with one attached hydrogen (secondary N) is 3. The van der Waals surface area contributed by atoms with Crippen LogP contribution in [0.5, 0.6) is 0 Å². The first-order chi connectivity index (χ1) is 7.20. The predicted octanol–water partition coefficient (Wildman–Crippen LogP) is -3.80. The first-order valence-corrected chi connectivity index (χ1v) is 5.72. The molecule has 1 atom stereocenters. The molecule has 0 spiro atoms. The Hall–Kier alpha value is -0.940. The highest BCUT2D eigenvalue weighted by Crippen LogP contribution is 1.97. The smallest absolute Gasteiger partial charge is 0.285 e. The fourth-order valence-corrected chi connectivity index (χ4v) is 2.51. The highest BCUT2D eigenvalue weighted by Gasteiger charge is 2.40. The van der Waals surface area contributed by atoms with Crippen molar-refractivity contribution in [2.45, 2.75) is 19.4 Å². The topological polar surface area (TPSA) is 55.1 Å². The Labute approximate surface area is 89.4 Å². The molecule has 0 saturated carbocycles. The lowest BCUT2D eigenvalue weighted by molar-refractivity contribution is -1.02. The third-order valence-electron chi connectivity index (χ3n) is 3.56. The molecule has 2 saturated heterocycles. The minimum Gasteiger partial charge on any atom is -0.326 e. The molecule has 0 aromatic heterocycles. The molecular formula is C10H19N3O2+2. The van der Waals surface area contributed by atoms with Gasteiger partial charge in [-0.2, -0.15) is 0 Å². The second-order valence-electron chi connectivity index (χ2n) is 4.43. The monoisotopic (exact) mass is 213 g/mol. The van der Waals surface area contributed by atoms with Crippen molar-refractivity contribution in [2.75, 3.05) is 32.7 Å². The van der Waals surface area contributed by atoms with Gasteiger partial charge in [-0.15, -0.1) is 0 Å². The molecule has 0 aromatic rings. The molecule has 0 radical (unpaired) electrons. The van der Waals surface area contributed by atoms with Gasteiger partial charge in [-0.25, -0.2) is 0 Å². The Morgan fingerprint density at radius 2 is 1.93 bits per heavy atom. The van der Waals surface area contributed by atoms with Gasteiger partial charge in [0.25, 0.3) is 5.91 Å². The lowest BCUT2D eigenvalue weighted by Gasteiger charge is -2.31. The fraction of sp³-hybridized carbons (Fsp3) is 0.800. The van der Waals surface area contributed by atoms with Crippen molar-refractivity contribution in [1.82, 2.24) is 5.32 Å². The van der Waals surface area contributed by atoms with Crippen LogP contribution < -0.4 is 15.1 Å². The maximum Gasteiger partial charge on any atom is 0.285 e. The Bertz CT molecular complexity index is 272. The van der Waals surface area contributed by atoms with Crippen molar-refractivity contribution >= 4 is 11.8 Å². The minimum absolute atomic E-state index is 0.0741. The third kappa shape index (κ3) is 2.18. The minimum atomic E-state index is -0.115. The van der Waals surface area contributed by atoms with E-state index in [0.717, 1.165) is 32.7 Å². The van der Waals surface area contributed by atoms with Crippen molar-refractivity contribution in [3.63, 3.8) is 0 Å². The maximum atomic E-state index is 11.5. The van der Waals surface area contributed by atoms with E-state index in [1.165, 1.54) is 4.90 Å². The standard InChI is InChI=1S/C10H17N3O2/c1-2-12-3-5-13(6-4-12)8-7-9(14)11-10(8)15/h8H,2-7H2,1H3,(H,11,14,15)/p+2/t8-/m1/s1. The second kappa shape index (κ2) is 4.28. The van der Waals surface area contributed by atoms with Gasteiger partial charge in [0.05, 0.1) is 13.0 Å². The lowest BCUT2D eigenvalue weighted by Crippen LogP contribution is -3.29. The Morgan fingerprint density at radius 3 is 2.40 bits per heavy atom. The Kier molecular flexibility index (Phi) is 3.02. The summed E-state index contributed by atoms with van der Waals surface area (Å²) in [5.41, 5.74) is 0. The average molecular weight is 213 g/mol. The van der Waals surface area contributed by atoms with Crippen molar-refractivity contribution in [3.05, 3.63) is 0 Å². The number of likely N-dealkylation sites (N-methyl/N-ethyl adjacent to an activating group) is 1. The van der Waals surface area contributed by atoms with Crippen LogP contribution in [0.25, 0.3) is 0 Å². The van der Waals surface area contributed by atoms with E-state index in [1.54, 1.807) is 4.90 Å². The van der Waals surface area contributed by atoms with E-state index in [2.05, 4.69) is 12.2 Å². The zero-order chi connectivity index (χ0) is 10.8. The van der Waals surface area contributed by atoms with E-state index in [4.69, 9.17) is 0 Å².